The van der Waals surface area contributed by atoms with Crippen molar-refractivity contribution < 1.29 is 27.4 Å². The molecule has 1 aromatic carbocycles. The van der Waals surface area contributed by atoms with Gasteiger partial charge in [0.05, 0.1) is 11.7 Å². The van der Waals surface area contributed by atoms with E-state index in [4.69, 9.17) is 4.55 Å². The monoisotopic (exact) mass is 403 g/mol. The molecule has 0 unspecified atom stereocenters. The van der Waals surface area contributed by atoms with Gasteiger partial charge in [-0.25, -0.2) is 4.31 Å². The van der Waals surface area contributed by atoms with Gasteiger partial charge in [-0.3, -0.25) is 18.9 Å². The Kier molecular flexibility index (Phi) is 6.48. The van der Waals surface area contributed by atoms with Gasteiger partial charge in [0.2, 0.25) is 11.8 Å². The van der Waals surface area contributed by atoms with Gasteiger partial charge in [-0.15, -0.1) is 0 Å². The van der Waals surface area contributed by atoms with Gasteiger partial charge in [0.1, 0.15) is 6.04 Å². The van der Waals surface area contributed by atoms with Crippen molar-refractivity contribution in [3.05, 3.63) is 42.0 Å². The van der Waals surface area contributed by atoms with Gasteiger partial charge in [-0.1, -0.05) is 30.3 Å². The van der Waals surface area contributed by atoms with Gasteiger partial charge < -0.3 is 10.2 Å². The van der Waals surface area contributed by atoms with Crippen LogP contribution in [-0.2, 0) is 24.7 Å². The molecule has 11 heteroatoms. The third-order valence-corrected chi connectivity index (χ3v) is 5.28. The number of carbonyl (C=O) groups excluding carboxylic acids is 3. The Labute approximate surface area is 178 Å². The molecule has 3 amide bonds. The fourth-order valence-corrected chi connectivity index (χ4v) is 4.17. The Bertz CT molecular complexity index is 902. The molecule has 2 saturated heterocycles. The maximum atomic E-state index is 12.6. The van der Waals surface area contributed by atoms with Crippen LogP contribution in [0.15, 0.2) is 36.4 Å². The summed E-state index contributed by atoms with van der Waals surface area (Å²) in [6.07, 6.45) is 1.46. The van der Waals surface area contributed by atoms with E-state index >= 15 is 0 Å². The van der Waals surface area contributed by atoms with Crippen molar-refractivity contribution in [1.82, 2.24) is 14.5 Å². The first-order chi connectivity index (χ1) is 12.2. The average molecular weight is 403 g/mol. The average Bonchev–Trinajstić information content (AvgIpc) is 2.92. The zero-order valence-electron chi connectivity index (χ0n) is 13.8. The zero-order chi connectivity index (χ0) is 19.1. The summed E-state index contributed by atoms with van der Waals surface area (Å²) in [6, 6.07) is 7.05. The molecule has 2 heterocycles. The van der Waals surface area contributed by atoms with Gasteiger partial charge >= 0.3 is 39.9 Å². The normalized spacial score (nSPS) is 21.9. The number of benzene rings is 1. The SMILES string of the molecule is CC(=O)NC(=CC(=O)N1CC[C@@H]2[C@H]1C(=O)N2S(=O)(=O)O)c1ccccc1.[NaH]. The molecule has 1 aromatic rings. The Balaban J connectivity index is 0.00000261. The summed E-state index contributed by atoms with van der Waals surface area (Å²) in [4.78, 5) is 37.3. The molecule has 9 nitrogen and oxygen atoms in total. The molecule has 0 aromatic heterocycles. The van der Waals surface area contributed by atoms with Gasteiger partial charge in [-0.05, 0) is 12.0 Å². The Morgan fingerprint density at radius 3 is 2.44 bits per heavy atom. The van der Waals surface area contributed by atoms with E-state index in [0.29, 0.717) is 9.87 Å². The molecule has 0 bridgehead atoms. The number of carbonyl (C=O) groups is 3. The molecular weight excluding hydrogens is 385 g/mol. The first-order valence-electron chi connectivity index (χ1n) is 7.86. The molecule has 2 aliphatic rings. The standard InChI is InChI=1S/C16H17N3O6S.Na.H/c1-10(20)17-12(11-5-3-2-4-6-11)9-14(21)18-8-7-13-15(18)16(22)19(13)26(23,24)25;;/h2-6,9,13,15H,7-8H2,1H3,(H,17,20)(H,23,24,25);;/t13-,15+;;/m1../s1. The van der Waals surface area contributed by atoms with E-state index in [1.807, 2.05) is 0 Å². The molecule has 2 aliphatic heterocycles. The van der Waals surface area contributed by atoms with E-state index in [1.54, 1.807) is 30.3 Å². The second-order valence-electron chi connectivity index (χ2n) is 6.05. The van der Waals surface area contributed by atoms with Crippen LogP contribution in [-0.4, -0.2) is 88.1 Å². The predicted octanol–water partition coefficient (Wildman–Crippen LogP) is -0.870. The molecule has 140 valence electrons. The van der Waals surface area contributed by atoms with Gasteiger partial charge in [0.25, 0.3) is 5.91 Å². The van der Waals surface area contributed by atoms with Crippen LogP contribution in [0.4, 0.5) is 0 Å². The van der Waals surface area contributed by atoms with Crippen LogP contribution in [0, 0.1) is 0 Å². The predicted molar refractivity (Wildman–Crippen MR) is 97.7 cm³/mol. The van der Waals surface area contributed by atoms with E-state index in [0.717, 1.165) is 0 Å². The van der Waals surface area contributed by atoms with Crippen LogP contribution in [0.1, 0.15) is 18.9 Å². The fraction of sp³-hybridized carbons (Fsp3) is 0.312. The molecule has 2 fully saturated rings. The van der Waals surface area contributed by atoms with Crippen molar-refractivity contribution in [2.24, 2.45) is 0 Å². The third-order valence-electron chi connectivity index (χ3n) is 4.33. The topological polar surface area (TPSA) is 124 Å². The number of likely N-dealkylation sites (tertiary alicyclic amines) is 1. The molecule has 0 radical (unpaired) electrons. The van der Waals surface area contributed by atoms with Crippen molar-refractivity contribution in [1.29, 1.82) is 0 Å². The first kappa shape index (κ1) is 21.6. The van der Waals surface area contributed by atoms with Crippen LogP contribution in [0.25, 0.3) is 5.70 Å². The molecule has 27 heavy (non-hydrogen) atoms. The van der Waals surface area contributed by atoms with Gasteiger partial charge in [-0.2, -0.15) is 8.42 Å². The number of hydrogen-bond donors (Lipinski definition) is 2. The molecule has 3 rings (SSSR count). The Morgan fingerprint density at radius 1 is 1.26 bits per heavy atom. The van der Waals surface area contributed by atoms with Crippen LogP contribution in [0.3, 0.4) is 0 Å². The summed E-state index contributed by atoms with van der Waals surface area (Å²) in [5.74, 6) is -1.71. The molecule has 0 aliphatic carbocycles. The Morgan fingerprint density at radius 2 is 1.89 bits per heavy atom. The number of nitrogens with one attached hydrogen (secondary N) is 1. The van der Waals surface area contributed by atoms with Crippen molar-refractivity contribution in [3.63, 3.8) is 0 Å². The van der Waals surface area contributed by atoms with Gasteiger partial charge in [0, 0.05) is 19.5 Å². The van der Waals surface area contributed by atoms with Crippen molar-refractivity contribution in [2.45, 2.75) is 25.4 Å². The summed E-state index contributed by atoms with van der Waals surface area (Å²) in [7, 11) is -4.63. The summed E-state index contributed by atoms with van der Waals surface area (Å²) in [5.41, 5.74) is 0.899. The number of nitrogens with zero attached hydrogens (tertiary/aromatic N) is 2. The van der Waals surface area contributed by atoms with E-state index < -0.39 is 34.2 Å². The Hall–Kier alpha value is -1.72. The van der Waals surface area contributed by atoms with Crippen molar-refractivity contribution in [2.75, 3.05) is 6.54 Å². The van der Waals surface area contributed by atoms with Crippen molar-refractivity contribution >= 4 is 63.3 Å². The third kappa shape index (κ3) is 4.25. The van der Waals surface area contributed by atoms with E-state index in [-0.39, 0.29) is 54.1 Å². The number of rotatable bonds is 4. The van der Waals surface area contributed by atoms with Crippen LogP contribution in [0.2, 0.25) is 0 Å². The van der Waals surface area contributed by atoms with Crippen molar-refractivity contribution in [3.8, 4) is 0 Å². The first-order valence-corrected chi connectivity index (χ1v) is 9.26. The summed E-state index contributed by atoms with van der Waals surface area (Å²) < 4.78 is 31.9. The maximum absolute atomic E-state index is 12.6. The zero-order valence-corrected chi connectivity index (χ0v) is 14.6. The fourth-order valence-electron chi connectivity index (χ4n) is 3.27. The molecule has 0 saturated carbocycles. The second-order valence-corrected chi connectivity index (χ2v) is 7.34. The van der Waals surface area contributed by atoms with E-state index in [2.05, 4.69) is 5.32 Å². The minimum absolute atomic E-state index is 0. The quantitative estimate of drug-likeness (QED) is 0.292. The van der Waals surface area contributed by atoms with Gasteiger partial charge in [0.15, 0.2) is 0 Å². The summed E-state index contributed by atoms with van der Waals surface area (Å²) in [6.45, 7) is 1.48. The number of hydrogen-bond acceptors (Lipinski definition) is 5. The summed E-state index contributed by atoms with van der Waals surface area (Å²) in [5, 5.41) is 2.58. The minimum atomic E-state index is -4.63. The molecule has 0 spiro atoms. The van der Waals surface area contributed by atoms with Crippen LogP contribution >= 0.6 is 0 Å². The molecular formula is C16H18N3NaO6S. The van der Waals surface area contributed by atoms with Crippen LogP contribution in [0.5, 0.6) is 0 Å². The number of amides is 3. The van der Waals surface area contributed by atoms with E-state index in [1.165, 1.54) is 17.9 Å². The van der Waals surface area contributed by atoms with Crippen LogP contribution < -0.4 is 5.32 Å². The number of β-lactam (4-membered cyclic amide) rings is 1. The second kappa shape index (κ2) is 8.11. The molecule has 2 N–H and O–H groups in total. The number of fused-ring (bicyclic) bond motifs is 1. The summed E-state index contributed by atoms with van der Waals surface area (Å²) >= 11 is 0. The van der Waals surface area contributed by atoms with E-state index in [9.17, 15) is 22.8 Å². The molecule has 2 atom stereocenters.